The van der Waals surface area contributed by atoms with E-state index in [2.05, 4.69) is 31.1 Å². The van der Waals surface area contributed by atoms with E-state index in [0.717, 1.165) is 19.2 Å². The maximum atomic E-state index is 5.57. The third-order valence-corrected chi connectivity index (χ3v) is 4.44. The molecule has 0 aromatic rings. The van der Waals surface area contributed by atoms with Crippen LogP contribution in [-0.4, -0.2) is 38.4 Å². The van der Waals surface area contributed by atoms with Gasteiger partial charge in [0.1, 0.15) is 6.23 Å². The van der Waals surface area contributed by atoms with E-state index in [-0.39, 0.29) is 0 Å². The Morgan fingerprint density at radius 3 is 2.71 bits per heavy atom. The zero-order valence-corrected chi connectivity index (χ0v) is 10.5. The van der Waals surface area contributed by atoms with Crippen molar-refractivity contribution in [2.24, 2.45) is 0 Å². The molecule has 2 nitrogen and oxygen atoms in total. The van der Waals surface area contributed by atoms with E-state index < -0.39 is 8.07 Å². The zero-order chi connectivity index (χ0) is 10.3. The zero-order valence-electron chi connectivity index (χ0n) is 9.55. The number of nitrogens with zero attached hydrogens (tertiary/aromatic N) is 1. The first kappa shape index (κ1) is 10.4. The van der Waals surface area contributed by atoms with Gasteiger partial charge in [0.15, 0.2) is 0 Å². The lowest BCUT2D eigenvalue weighted by molar-refractivity contribution is 0.100. The molecular formula is C11H21NOSi. The van der Waals surface area contributed by atoms with Crippen LogP contribution in [0, 0.1) is 0 Å². The van der Waals surface area contributed by atoms with Crippen LogP contribution in [0.1, 0.15) is 6.42 Å². The molecular weight excluding hydrogens is 190 g/mol. The molecule has 2 saturated heterocycles. The Balaban J connectivity index is 1.74. The van der Waals surface area contributed by atoms with Crippen molar-refractivity contribution >= 4 is 8.07 Å². The molecule has 2 fully saturated rings. The van der Waals surface area contributed by atoms with Gasteiger partial charge < -0.3 is 4.74 Å². The summed E-state index contributed by atoms with van der Waals surface area (Å²) in [5, 5.41) is 0. The van der Waals surface area contributed by atoms with Gasteiger partial charge in [-0.05, 0) is 12.5 Å². The monoisotopic (exact) mass is 211 g/mol. The van der Waals surface area contributed by atoms with Crippen molar-refractivity contribution in [3.05, 3.63) is 12.2 Å². The molecule has 0 N–H and O–H groups in total. The predicted molar refractivity (Wildman–Crippen MR) is 62.1 cm³/mol. The summed E-state index contributed by atoms with van der Waals surface area (Å²) in [5.41, 5.74) is 1.40. The van der Waals surface area contributed by atoms with Crippen molar-refractivity contribution in [2.45, 2.75) is 44.4 Å². The van der Waals surface area contributed by atoms with E-state index in [4.69, 9.17) is 4.74 Å². The van der Waals surface area contributed by atoms with Crippen molar-refractivity contribution < 1.29 is 4.74 Å². The van der Waals surface area contributed by atoms with Gasteiger partial charge in [-0.25, -0.2) is 0 Å². The van der Waals surface area contributed by atoms with E-state index in [1.54, 1.807) is 0 Å². The fourth-order valence-electron chi connectivity index (χ4n) is 2.40. The number of ether oxygens (including phenoxy) is 1. The van der Waals surface area contributed by atoms with Gasteiger partial charge in [-0.3, -0.25) is 4.90 Å². The summed E-state index contributed by atoms with van der Waals surface area (Å²) in [5.74, 6) is 0. The minimum Gasteiger partial charge on any atom is -0.361 e. The molecule has 80 valence electrons. The standard InChI is InChI=1S/C11H21NOSi/c1-9(8-14(2,3)4)7-12-10-5-6-13-11(10)12/h10-11H,1,5-8H2,2-4H3. The highest BCUT2D eigenvalue weighted by molar-refractivity contribution is 6.76. The molecule has 0 saturated carbocycles. The molecule has 2 aliphatic rings. The van der Waals surface area contributed by atoms with Crippen molar-refractivity contribution in [2.75, 3.05) is 13.2 Å². The van der Waals surface area contributed by atoms with Gasteiger partial charge >= 0.3 is 0 Å². The van der Waals surface area contributed by atoms with E-state index >= 15 is 0 Å². The van der Waals surface area contributed by atoms with E-state index in [9.17, 15) is 0 Å². The second kappa shape index (κ2) is 3.47. The van der Waals surface area contributed by atoms with Crippen molar-refractivity contribution in [3.8, 4) is 0 Å². The molecule has 0 aromatic carbocycles. The van der Waals surface area contributed by atoms with Crippen LogP contribution in [0.25, 0.3) is 0 Å². The van der Waals surface area contributed by atoms with Gasteiger partial charge in [-0.1, -0.05) is 31.8 Å². The van der Waals surface area contributed by atoms with Gasteiger partial charge in [-0.15, -0.1) is 0 Å². The Hall–Kier alpha value is -0.123. The summed E-state index contributed by atoms with van der Waals surface area (Å²) >= 11 is 0. The summed E-state index contributed by atoms with van der Waals surface area (Å²) in [6.07, 6.45) is 1.68. The summed E-state index contributed by atoms with van der Waals surface area (Å²) in [7, 11) is -0.963. The highest BCUT2D eigenvalue weighted by Gasteiger charge is 2.51. The molecule has 2 aliphatic heterocycles. The highest BCUT2D eigenvalue weighted by Crippen LogP contribution is 2.38. The Bertz CT molecular complexity index is 236. The van der Waals surface area contributed by atoms with Crippen molar-refractivity contribution in [1.82, 2.24) is 4.90 Å². The number of fused-ring (bicyclic) bond motifs is 1. The molecule has 3 atom stereocenters. The minimum absolute atomic E-state index is 0.452. The predicted octanol–water partition coefficient (Wildman–Crippen LogP) is 2.31. The normalized spacial score (nSPS) is 35.5. The van der Waals surface area contributed by atoms with Crippen LogP contribution < -0.4 is 0 Å². The quantitative estimate of drug-likeness (QED) is 0.402. The third kappa shape index (κ3) is 2.27. The SMILES string of the molecule is C=C(CN1C2CCOC21)C[Si](C)(C)C. The average Bonchev–Trinajstić information content (AvgIpc) is 2.50. The minimum atomic E-state index is -0.963. The molecule has 14 heavy (non-hydrogen) atoms. The first-order valence-electron chi connectivity index (χ1n) is 5.51. The Kier molecular flexibility index (Phi) is 2.58. The summed E-state index contributed by atoms with van der Waals surface area (Å²) in [6, 6.07) is 1.98. The molecule has 0 bridgehead atoms. The largest absolute Gasteiger partial charge is 0.361 e. The molecule has 3 heteroatoms. The maximum absolute atomic E-state index is 5.57. The first-order valence-corrected chi connectivity index (χ1v) is 9.22. The van der Waals surface area contributed by atoms with Crippen LogP contribution >= 0.6 is 0 Å². The Morgan fingerprint density at radius 2 is 2.21 bits per heavy atom. The fourth-order valence-corrected chi connectivity index (χ4v) is 4.01. The maximum Gasteiger partial charge on any atom is 0.127 e. The lowest BCUT2D eigenvalue weighted by Crippen LogP contribution is -2.23. The van der Waals surface area contributed by atoms with Crippen LogP contribution in [0.15, 0.2) is 12.2 Å². The van der Waals surface area contributed by atoms with Crippen LogP contribution in [0.3, 0.4) is 0 Å². The van der Waals surface area contributed by atoms with Crippen LogP contribution in [0.5, 0.6) is 0 Å². The lowest BCUT2D eigenvalue weighted by atomic mass is 10.3. The summed E-state index contributed by atoms with van der Waals surface area (Å²) in [6.45, 7) is 13.4. The van der Waals surface area contributed by atoms with Gasteiger partial charge in [0.05, 0.1) is 12.6 Å². The van der Waals surface area contributed by atoms with E-state index in [1.807, 2.05) is 0 Å². The molecule has 0 aliphatic carbocycles. The topological polar surface area (TPSA) is 12.2 Å². The second-order valence-electron chi connectivity index (χ2n) is 5.78. The van der Waals surface area contributed by atoms with Gasteiger partial charge in [0.25, 0.3) is 0 Å². The molecule has 3 unspecified atom stereocenters. The van der Waals surface area contributed by atoms with E-state index in [0.29, 0.717) is 6.23 Å². The lowest BCUT2D eigenvalue weighted by Gasteiger charge is -2.18. The Labute approximate surface area is 87.9 Å². The number of rotatable bonds is 4. The molecule has 0 radical (unpaired) electrons. The first-order chi connectivity index (χ1) is 6.47. The van der Waals surface area contributed by atoms with Crippen LogP contribution in [-0.2, 0) is 4.74 Å². The molecule has 0 aromatic heterocycles. The molecule has 0 amide bonds. The summed E-state index contributed by atoms with van der Waals surface area (Å²) < 4.78 is 5.57. The van der Waals surface area contributed by atoms with Crippen LogP contribution in [0.2, 0.25) is 25.7 Å². The van der Waals surface area contributed by atoms with Crippen LogP contribution in [0.4, 0.5) is 0 Å². The van der Waals surface area contributed by atoms with Crippen molar-refractivity contribution in [3.63, 3.8) is 0 Å². The molecule has 2 rings (SSSR count). The smallest absolute Gasteiger partial charge is 0.127 e. The summed E-state index contributed by atoms with van der Waals surface area (Å²) in [4.78, 5) is 2.44. The number of hydrogen-bond acceptors (Lipinski definition) is 2. The second-order valence-corrected chi connectivity index (χ2v) is 11.3. The van der Waals surface area contributed by atoms with Gasteiger partial charge in [0.2, 0.25) is 0 Å². The van der Waals surface area contributed by atoms with Gasteiger partial charge in [0, 0.05) is 14.6 Å². The average molecular weight is 211 g/mol. The van der Waals surface area contributed by atoms with E-state index in [1.165, 1.54) is 18.0 Å². The van der Waals surface area contributed by atoms with Crippen molar-refractivity contribution in [1.29, 1.82) is 0 Å². The fraction of sp³-hybridized carbons (Fsp3) is 0.818. The third-order valence-electron chi connectivity index (χ3n) is 2.88. The molecule has 0 spiro atoms. The highest BCUT2D eigenvalue weighted by atomic mass is 28.3. The number of hydrogen-bond donors (Lipinski definition) is 0. The van der Waals surface area contributed by atoms with Gasteiger partial charge in [-0.2, -0.15) is 0 Å². The Morgan fingerprint density at radius 1 is 1.50 bits per heavy atom. The molecule has 2 heterocycles.